The molecular formula is C17H21N5O2S. The quantitative estimate of drug-likeness (QED) is 0.624. The minimum Gasteiger partial charge on any atom is -0.497 e. The molecule has 0 bridgehead atoms. The number of nitrogens with zero attached hydrogens (tertiary/aromatic N) is 4. The van der Waals surface area contributed by atoms with E-state index in [0.29, 0.717) is 19.4 Å². The smallest absolute Gasteiger partial charge is 0.234 e. The van der Waals surface area contributed by atoms with Crippen molar-refractivity contribution in [2.75, 3.05) is 13.7 Å². The number of hydrogen-bond acceptors (Lipinski definition) is 6. The van der Waals surface area contributed by atoms with Crippen molar-refractivity contribution in [3.8, 4) is 5.75 Å². The number of aromatic nitrogens is 4. The van der Waals surface area contributed by atoms with E-state index in [-0.39, 0.29) is 5.91 Å². The number of nitrogens with one attached hydrogen (secondary N) is 1. The van der Waals surface area contributed by atoms with Gasteiger partial charge in [-0.1, -0.05) is 23.5 Å². The largest absolute Gasteiger partial charge is 0.497 e. The van der Waals surface area contributed by atoms with E-state index in [9.17, 15) is 4.79 Å². The Labute approximate surface area is 150 Å². The third kappa shape index (κ3) is 4.54. The molecule has 2 heterocycles. The van der Waals surface area contributed by atoms with Crippen LogP contribution >= 0.6 is 11.3 Å². The van der Waals surface area contributed by atoms with Gasteiger partial charge in [-0.2, -0.15) is 9.61 Å². The van der Waals surface area contributed by atoms with Gasteiger partial charge in [-0.05, 0) is 37.5 Å². The predicted molar refractivity (Wildman–Crippen MR) is 96.0 cm³/mol. The van der Waals surface area contributed by atoms with Crippen LogP contribution in [-0.4, -0.2) is 39.4 Å². The lowest BCUT2D eigenvalue weighted by atomic mass is 10.1. The number of rotatable bonds is 8. The molecule has 1 aromatic carbocycles. The number of carbonyl (C=O) groups is 1. The second-order valence-corrected chi connectivity index (χ2v) is 6.78. The van der Waals surface area contributed by atoms with Crippen LogP contribution in [0.15, 0.2) is 24.3 Å². The summed E-state index contributed by atoms with van der Waals surface area (Å²) in [4.78, 5) is 12.7. The van der Waals surface area contributed by atoms with Gasteiger partial charge >= 0.3 is 0 Å². The molecule has 0 spiro atoms. The van der Waals surface area contributed by atoms with E-state index in [2.05, 4.69) is 32.7 Å². The zero-order chi connectivity index (χ0) is 17.6. The maximum Gasteiger partial charge on any atom is 0.234 e. The standard InChI is InChI=1S/C17H21N5O2S/c1-12-19-20-17-22(12)21-16(25-17)10-9-15(23)18-11-3-4-13-5-7-14(24-2)8-6-13/h5-8H,3-4,9-11H2,1-2H3,(H,18,23). The maximum absolute atomic E-state index is 11.9. The molecule has 0 saturated carbocycles. The van der Waals surface area contributed by atoms with Crippen LogP contribution in [0.25, 0.3) is 4.96 Å². The molecule has 1 amide bonds. The Morgan fingerprint density at radius 2 is 2.04 bits per heavy atom. The number of fused-ring (bicyclic) bond motifs is 1. The number of carbonyl (C=O) groups excluding carboxylic acids is 1. The number of hydrogen-bond donors (Lipinski definition) is 1. The Morgan fingerprint density at radius 1 is 1.24 bits per heavy atom. The Hall–Kier alpha value is -2.48. The predicted octanol–water partition coefficient (Wildman–Crippen LogP) is 2.18. The molecule has 0 atom stereocenters. The summed E-state index contributed by atoms with van der Waals surface area (Å²) in [6.07, 6.45) is 2.90. The average Bonchev–Trinajstić information content (AvgIpc) is 3.19. The summed E-state index contributed by atoms with van der Waals surface area (Å²) in [5.41, 5.74) is 1.24. The van der Waals surface area contributed by atoms with E-state index in [1.807, 2.05) is 19.1 Å². The zero-order valence-corrected chi connectivity index (χ0v) is 15.2. The first-order chi connectivity index (χ1) is 12.2. The summed E-state index contributed by atoms with van der Waals surface area (Å²) >= 11 is 1.48. The van der Waals surface area contributed by atoms with Crippen LogP contribution in [0, 0.1) is 6.92 Å². The van der Waals surface area contributed by atoms with Gasteiger partial charge in [-0.25, -0.2) is 0 Å². The van der Waals surface area contributed by atoms with E-state index in [0.717, 1.165) is 34.4 Å². The first-order valence-corrected chi connectivity index (χ1v) is 9.04. The van der Waals surface area contributed by atoms with Gasteiger partial charge in [0.05, 0.1) is 7.11 Å². The van der Waals surface area contributed by atoms with Crippen molar-refractivity contribution in [2.24, 2.45) is 0 Å². The van der Waals surface area contributed by atoms with Gasteiger partial charge in [0, 0.05) is 19.4 Å². The van der Waals surface area contributed by atoms with Crippen molar-refractivity contribution in [3.63, 3.8) is 0 Å². The van der Waals surface area contributed by atoms with Gasteiger partial charge in [0.1, 0.15) is 10.8 Å². The van der Waals surface area contributed by atoms with Gasteiger partial charge in [0.25, 0.3) is 0 Å². The number of benzene rings is 1. The molecule has 132 valence electrons. The second-order valence-electron chi connectivity index (χ2n) is 5.74. The lowest BCUT2D eigenvalue weighted by Crippen LogP contribution is -2.25. The molecule has 3 aromatic rings. The third-order valence-electron chi connectivity index (χ3n) is 3.88. The van der Waals surface area contributed by atoms with Crippen molar-refractivity contribution in [2.45, 2.75) is 32.6 Å². The molecular weight excluding hydrogens is 338 g/mol. The van der Waals surface area contributed by atoms with E-state index >= 15 is 0 Å². The van der Waals surface area contributed by atoms with Crippen LogP contribution < -0.4 is 10.1 Å². The van der Waals surface area contributed by atoms with Crippen molar-refractivity contribution in [3.05, 3.63) is 40.7 Å². The minimum absolute atomic E-state index is 0.0532. The van der Waals surface area contributed by atoms with Crippen LogP contribution in [0.5, 0.6) is 5.75 Å². The Kier molecular flexibility index (Phi) is 5.60. The van der Waals surface area contributed by atoms with E-state index < -0.39 is 0 Å². The molecule has 25 heavy (non-hydrogen) atoms. The fraction of sp³-hybridized carbons (Fsp3) is 0.412. The second kappa shape index (κ2) is 8.06. The van der Waals surface area contributed by atoms with E-state index in [4.69, 9.17) is 4.74 Å². The highest BCUT2D eigenvalue weighted by Crippen LogP contribution is 2.15. The maximum atomic E-state index is 11.9. The van der Waals surface area contributed by atoms with Crippen LogP contribution in [0.1, 0.15) is 29.2 Å². The van der Waals surface area contributed by atoms with E-state index in [1.54, 1.807) is 11.6 Å². The molecule has 0 unspecified atom stereocenters. The normalized spacial score (nSPS) is 11.0. The SMILES string of the molecule is COc1ccc(CCCNC(=O)CCc2nn3c(C)nnc3s2)cc1. The van der Waals surface area contributed by atoms with Crippen molar-refractivity contribution in [1.82, 2.24) is 25.1 Å². The summed E-state index contributed by atoms with van der Waals surface area (Å²) in [5, 5.41) is 16.3. The summed E-state index contributed by atoms with van der Waals surface area (Å²) in [6, 6.07) is 8.01. The molecule has 7 nitrogen and oxygen atoms in total. The Bertz CT molecular complexity index is 840. The molecule has 0 aliphatic rings. The van der Waals surface area contributed by atoms with Crippen molar-refractivity contribution >= 4 is 22.2 Å². The highest BCUT2D eigenvalue weighted by atomic mass is 32.1. The first kappa shape index (κ1) is 17.3. The molecule has 0 aliphatic carbocycles. The number of amides is 1. The summed E-state index contributed by atoms with van der Waals surface area (Å²) in [6.45, 7) is 2.54. The lowest BCUT2D eigenvalue weighted by molar-refractivity contribution is -0.121. The lowest BCUT2D eigenvalue weighted by Gasteiger charge is -2.05. The van der Waals surface area contributed by atoms with Gasteiger partial charge < -0.3 is 10.1 Å². The van der Waals surface area contributed by atoms with Crippen LogP contribution in [0.4, 0.5) is 0 Å². The molecule has 2 aromatic heterocycles. The topological polar surface area (TPSA) is 81.4 Å². The molecule has 0 aliphatic heterocycles. The average molecular weight is 359 g/mol. The molecule has 0 fully saturated rings. The summed E-state index contributed by atoms with van der Waals surface area (Å²) < 4.78 is 6.86. The number of methoxy groups -OCH3 is 1. The fourth-order valence-corrected chi connectivity index (χ4v) is 3.36. The highest BCUT2D eigenvalue weighted by Gasteiger charge is 2.10. The fourth-order valence-electron chi connectivity index (χ4n) is 2.48. The third-order valence-corrected chi connectivity index (χ3v) is 4.84. The van der Waals surface area contributed by atoms with Crippen molar-refractivity contribution in [1.29, 1.82) is 0 Å². The van der Waals surface area contributed by atoms with Crippen molar-refractivity contribution < 1.29 is 9.53 Å². The Balaban J connectivity index is 1.36. The Morgan fingerprint density at radius 3 is 2.76 bits per heavy atom. The molecule has 1 N–H and O–H groups in total. The van der Waals surface area contributed by atoms with Crippen LogP contribution in [0.2, 0.25) is 0 Å². The van der Waals surface area contributed by atoms with Gasteiger partial charge in [0.2, 0.25) is 10.9 Å². The van der Waals surface area contributed by atoms with Gasteiger partial charge in [-0.15, -0.1) is 10.2 Å². The zero-order valence-electron chi connectivity index (χ0n) is 14.4. The molecule has 0 saturated heterocycles. The number of ether oxygens (including phenoxy) is 1. The minimum atomic E-state index is 0.0532. The number of aryl methyl sites for hydroxylation is 3. The van der Waals surface area contributed by atoms with Crippen LogP contribution in [0.3, 0.4) is 0 Å². The summed E-state index contributed by atoms with van der Waals surface area (Å²) in [5.74, 6) is 1.68. The van der Waals surface area contributed by atoms with Gasteiger partial charge in [-0.3, -0.25) is 4.79 Å². The van der Waals surface area contributed by atoms with Gasteiger partial charge in [0.15, 0.2) is 5.82 Å². The van der Waals surface area contributed by atoms with E-state index in [1.165, 1.54) is 16.9 Å². The molecule has 8 heteroatoms. The van der Waals surface area contributed by atoms with Crippen LogP contribution in [-0.2, 0) is 17.6 Å². The molecule has 0 radical (unpaired) electrons. The highest BCUT2D eigenvalue weighted by molar-refractivity contribution is 7.16. The first-order valence-electron chi connectivity index (χ1n) is 8.23. The summed E-state index contributed by atoms with van der Waals surface area (Å²) in [7, 11) is 1.66. The monoisotopic (exact) mass is 359 g/mol. The molecule has 3 rings (SSSR count).